The van der Waals surface area contributed by atoms with Crippen LogP contribution in [0.3, 0.4) is 0 Å². The van der Waals surface area contributed by atoms with E-state index in [9.17, 15) is 4.79 Å². The van der Waals surface area contributed by atoms with Crippen molar-refractivity contribution >= 4 is 11.8 Å². The van der Waals surface area contributed by atoms with Gasteiger partial charge in [0.15, 0.2) is 11.5 Å². The molecule has 5 nitrogen and oxygen atoms in total. The molecule has 0 fully saturated rings. The maximum Gasteiger partial charge on any atom is 0.231 e. The molecule has 72 valence electrons. The first kappa shape index (κ1) is 8.55. The van der Waals surface area contributed by atoms with Crippen LogP contribution in [0.1, 0.15) is 6.92 Å². The average molecular weight is 192 g/mol. The number of anilines is 1. The summed E-state index contributed by atoms with van der Waals surface area (Å²) in [5.41, 5.74) is 0.554. The Labute approximate surface area is 79.7 Å². The van der Waals surface area contributed by atoms with Crippen LogP contribution >= 0.6 is 0 Å². The van der Waals surface area contributed by atoms with Gasteiger partial charge >= 0.3 is 0 Å². The number of furan rings is 1. The monoisotopic (exact) mass is 192 g/mol. The van der Waals surface area contributed by atoms with E-state index in [0.717, 1.165) is 0 Å². The van der Waals surface area contributed by atoms with Crippen molar-refractivity contribution in [1.82, 2.24) is 5.16 Å². The van der Waals surface area contributed by atoms with Gasteiger partial charge in [0, 0.05) is 13.0 Å². The van der Waals surface area contributed by atoms with Gasteiger partial charge in [-0.2, -0.15) is 0 Å². The number of hydrogen-bond acceptors (Lipinski definition) is 4. The predicted octanol–water partition coefficient (Wildman–Crippen LogP) is 1.89. The van der Waals surface area contributed by atoms with Crippen molar-refractivity contribution in [2.24, 2.45) is 0 Å². The quantitative estimate of drug-likeness (QED) is 0.788. The highest BCUT2D eigenvalue weighted by atomic mass is 16.5. The lowest BCUT2D eigenvalue weighted by molar-refractivity contribution is -0.114. The zero-order chi connectivity index (χ0) is 9.97. The fraction of sp³-hybridized carbons (Fsp3) is 0.111. The van der Waals surface area contributed by atoms with E-state index < -0.39 is 0 Å². The van der Waals surface area contributed by atoms with Gasteiger partial charge in [0.25, 0.3) is 0 Å². The lowest BCUT2D eigenvalue weighted by Crippen LogP contribution is -2.04. The van der Waals surface area contributed by atoms with Crippen molar-refractivity contribution in [2.75, 3.05) is 5.32 Å². The van der Waals surface area contributed by atoms with Crippen LogP contribution in [0.4, 0.5) is 5.88 Å². The molecule has 2 rings (SSSR count). The van der Waals surface area contributed by atoms with Crippen LogP contribution in [0, 0.1) is 0 Å². The maximum absolute atomic E-state index is 10.7. The fourth-order valence-corrected chi connectivity index (χ4v) is 1.05. The van der Waals surface area contributed by atoms with Gasteiger partial charge in [-0.1, -0.05) is 5.16 Å². The minimum Gasteiger partial charge on any atom is -0.463 e. The molecule has 0 bridgehead atoms. The number of carbonyl (C=O) groups excluding carboxylic acids is 1. The number of hydrogen-bond donors (Lipinski definition) is 1. The molecule has 2 aromatic rings. The zero-order valence-corrected chi connectivity index (χ0v) is 7.48. The Balaban J connectivity index is 2.22. The summed E-state index contributed by atoms with van der Waals surface area (Å²) in [5, 5.41) is 6.21. The molecule has 1 amide bonds. The SMILES string of the molecule is CC(=O)Nc1cc(-c2ccco2)no1. The Bertz CT molecular complexity index is 431. The molecule has 2 heterocycles. The molecule has 2 aromatic heterocycles. The summed E-state index contributed by atoms with van der Waals surface area (Å²) >= 11 is 0. The molecule has 0 aromatic carbocycles. The molecule has 0 aliphatic rings. The van der Waals surface area contributed by atoms with Gasteiger partial charge in [-0.15, -0.1) is 0 Å². The third-order valence-electron chi connectivity index (χ3n) is 1.58. The van der Waals surface area contributed by atoms with Crippen molar-refractivity contribution in [3.8, 4) is 11.5 Å². The summed E-state index contributed by atoms with van der Waals surface area (Å²) in [6.45, 7) is 1.40. The molecular formula is C9H8N2O3. The fourth-order valence-electron chi connectivity index (χ4n) is 1.05. The molecule has 0 saturated heterocycles. The minimum atomic E-state index is -0.202. The molecule has 0 aliphatic heterocycles. The molecule has 0 aliphatic carbocycles. The number of rotatable bonds is 2. The second-order valence-corrected chi connectivity index (χ2v) is 2.73. The van der Waals surface area contributed by atoms with Gasteiger partial charge in [0.2, 0.25) is 11.8 Å². The van der Waals surface area contributed by atoms with Crippen LogP contribution in [0.5, 0.6) is 0 Å². The van der Waals surface area contributed by atoms with Crippen molar-refractivity contribution in [3.05, 3.63) is 24.5 Å². The molecule has 1 N–H and O–H groups in total. The van der Waals surface area contributed by atoms with Crippen molar-refractivity contribution in [2.45, 2.75) is 6.92 Å². The van der Waals surface area contributed by atoms with Crippen LogP contribution in [0.25, 0.3) is 11.5 Å². The molecular weight excluding hydrogens is 184 g/mol. The van der Waals surface area contributed by atoms with Crippen molar-refractivity contribution in [3.63, 3.8) is 0 Å². The molecule has 0 saturated carbocycles. The zero-order valence-electron chi connectivity index (χ0n) is 7.48. The molecule has 0 spiro atoms. The average Bonchev–Trinajstić information content (AvgIpc) is 2.69. The highest BCUT2D eigenvalue weighted by Crippen LogP contribution is 2.21. The first-order chi connectivity index (χ1) is 6.75. The number of nitrogens with one attached hydrogen (secondary N) is 1. The summed E-state index contributed by atoms with van der Waals surface area (Å²) in [4.78, 5) is 10.7. The van der Waals surface area contributed by atoms with Crippen LogP contribution in [0.15, 0.2) is 33.4 Å². The summed E-state index contributed by atoms with van der Waals surface area (Å²) < 4.78 is 9.96. The first-order valence-electron chi connectivity index (χ1n) is 4.04. The smallest absolute Gasteiger partial charge is 0.231 e. The van der Waals surface area contributed by atoms with E-state index >= 15 is 0 Å². The Hall–Kier alpha value is -2.04. The largest absolute Gasteiger partial charge is 0.463 e. The van der Waals surface area contributed by atoms with Crippen LogP contribution in [-0.2, 0) is 4.79 Å². The number of aromatic nitrogens is 1. The van der Waals surface area contributed by atoms with E-state index in [2.05, 4.69) is 10.5 Å². The van der Waals surface area contributed by atoms with Crippen LogP contribution in [-0.4, -0.2) is 11.1 Å². The van der Waals surface area contributed by atoms with E-state index in [1.165, 1.54) is 6.92 Å². The highest BCUT2D eigenvalue weighted by Gasteiger charge is 2.08. The molecule has 14 heavy (non-hydrogen) atoms. The van der Waals surface area contributed by atoms with Gasteiger partial charge in [0.1, 0.15) is 0 Å². The first-order valence-corrected chi connectivity index (χ1v) is 4.04. The summed E-state index contributed by atoms with van der Waals surface area (Å²) in [7, 11) is 0. The molecule has 0 unspecified atom stereocenters. The van der Waals surface area contributed by atoms with Crippen molar-refractivity contribution in [1.29, 1.82) is 0 Å². The lowest BCUT2D eigenvalue weighted by atomic mass is 10.3. The number of carbonyl (C=O) groups is 1. The Morgan fingerprint density at radius 1 is 1.57 bits per heavy atom. The van der Waals surface area contributed by atoms with Gasteiger partial charge in [-0.25, -0.2) is 0 Å². The standard InChI is InChI=1S/C9H8N2O3/c1-6(12)10-9-5-7(11-14-9)8-3-2-4-13-8/h2-5H,1H3,(H,10,12). The van der Waals surface area contributed by atoms with E-state index in [4.69, 9.17) is 8.94 Å². The predicted molar refractivity (Wildman–Crippen MR) is 48.5 cm³/mol. The van der Waals surface area contributed by atoms with Gasteiger partial charge in [-0.3, -0.25) is 10.1 Å². The van der Waals surface area contributed by atoms with E-state index in [0.29, 0.717) is 17.3 Å². The van der Waals surface area contributed by atoms with Crippen molar-refractivity contribution < 1.29 is 13.7 Å². The molecule has 0 radical (unpaired) electrons. The Morgan fingerprint density at radius 3 is 3.07 bits per heavy atom. The van der Waals surface area contributed by atoms with Gasteiger partial charge in [-0.05, 0) is 12.1 Å². The summed E-state index contributed by atoms with van der Waals surface area (Å²) in [6, 6.07) is 5.11. The Kier molecular flexibility index (Phi) is 2.06. The van der Waals surface area contributed by atoms with Gasteiger partial charge < -0.3 is 8.94 Å². The van der Waals surface area contributed by atoms with E-state index in [1.54, 1.807) is 24.5 Å². The topological polar surface area (TPSA) is 68.3 Å². The summed E-state index contributed by atoms with van der Waals surface area (Å²) in [5.74, 6) is 0.710. The second kappa shape index (κ2) is 3.37. The third kappa shape index (κ3) is 1.66. The number of nitrogens with zero attached hydrogens (tertiary/aromatic N) is 1. The normalized spacial score (nSPS) is 10.1. The number of amides is 1. The second-order valence-electron chi connectivity index (χ2n) is 2.73. The van der Waals surface area contributed by atoms with E-state index in [1.807, 2.05) is 0 Å². The maximum atomic E-state index is 10.7. The van der Waals surface area contributed by atoms with Crippen LogP contribution in [0.2, 0.25) is 0 Å². The minimum absolute atomic E-state index is 0.202. The third-order valence-corrected chi connectivity index (χ3v) is 1.58. The Morgan fingerprint density at radius 2 is 2.43 bits per heavy atom. The van der Waals surface area contributed by atoms with Crippen LogP contribution < -0.4 is 5.32 Å². The highest BCUT2D eigenvalue weighted by molar-refractivity contribution is 5.87. The van der Waals surface area contributed by atoms with Gasteiger partial charge in [0.05, 0.1) is 6.26 Å². The lowest BCUT2D eigenvalue weighted by Gasteiger charge is -1.90. The summed E-state index contributed by atoms with van der Waals surface area (Å²) in [6.07, 6.45) is 1.54. The molecule has 5 heteroatoms. The van der Waals surface area contributed by atoms with E-state index in [-0.39, 0.29) is 5.91 Å². The molecule has 0 atom stereocenters.